The number of aromatic nitrogens is 3. The number of hydrogen-bond donors (Lipinski definition) is 0. The van der Waals surface area contributed by atoms with Gasteiger partial charge in [-0.05, 0) is 23.3 Å². The molecular weight excluding hydrogens is 382 g/mol. The molecule has 5 heteroatoms. The standard InChI is InChI=1S/C26H27N5/c1-4-10-22(11-5-1)26(23-12-6-2-7-13-23)30-18-16-29(17-19-30)20-24-21-31(28-27-24)25-14-8-3-9-15-25/h1-15,21,26H,16-20H2. The van der Waals surface area contributed by atoms with Crippen molar-refractivity contribution in [3.63, 3.8) is 0 Å². The molecule has 0 spiro atoms. The molecule has 0 saturated carbocycles. The van der Waals surface area contributed by atoms with Crippen LogP contribution in [0.4, 0.5) is 0 Å². The van der Waals surface area contributed by atoms with Crippen LogP contribution in [0.5, 0.6) is 0 Å². The molecule has 0 amide bonds. The summed E-state index contributed by atoms with van der Waals surface area (Å²) in [6.07, 6.45) is 2.04. The number of benzene rings is 3. The highest BCUT2D eigenvalue weighted by Gasteiger charge is 2.26. The van der Waals surface area contributed by atoms with E-state index in [0.717, 1.165) is 44.1 Å². The van der Waals surface area contributed by atoms with Crippen molar-refractivity contribution in [1.29, 1.82) is 0 Å². The lowest BCUT2D eigenvalue weighted by molar-refractivity contribution is 0.104. The Morgan fingerprint density at radius 3 is 1.81 bits per heavy atom. The molecule has 0 N–H and O–H groups in total. The van der Waals surface area contributed by atoms with E-state index >= 15 is 0 Å². The van der Waals surface area contributed by atoms with Crippen molar-refractivity contribution in [2.24, 2.45) is 0 Å². The maximum absolute atomic E-state index is 4.39. The Hall–Kier alpha value is -3.28. The van der Waals surface area contributed by atoms with Gasteiger partial charge < -0.3 is 0 Å². The molecule has 0 bridgehead atoms. The average Bonchev–Trinajstić information content (AvgIpc) is 3.31. The van der Waals surface area contributed by atoms with Crippen LogP contribution in [0.25, 0.3) is 5.69 Å². The third-order valence-electron chi connectivity index (χ3n) is 5.95. The molecule has 1 aliphatic rings. The van der Waals surface area contributed by atoms with E-state index in [0.29, 0.717) is 6.04 Å². The van der Waals surface area contributed by atoms with Crippen molar-refractivity contribution >= 4 is 0 Å². The Kier molecular flexibility index (Phi) is 5.87. The van der Waals surface area contributed by atoms with E-state index in [2.05, 4.69) is 80.8 Å². The van der Waals surface area contributed by atoms with Gasteiger partial charge in [-0.15, -0.1) is 5.10 Å². The maximum Gasteiger partial charge on any atom is 0.0971 e. The summed E-state index contributed by atoms with van der Waals surface area (Å²) >= 11 is 0. The second kappa shape index (κ2) is 9.25. The van der Waals surface area contributed by atoms with Crippen LogP contribution in [0.3, 0.4) is 0 Å². The molecule has 5 rings (SSSR count). The van der Waals surface area contributed by atoms with Gasteiger partial charge in [0, 0.05) is 32.7 Å². The van der Waals surface area contributed by atoms with Crippen LogP contribution < -0.4 is 0 Å². The van der Waals surface area contributed by atoms with Gasteiger partial charge in [-0.2, -0.15) is 0 Å². The summed E-state index contributed by atoms with van der Waals surface area (Å²) in [6, 6.07) is 32.1. The lowest BCUT2D eigenvalue weighted by Crippen LogP contribution is -2.47. The summed E-state index contributed by atoms with van der Waals surface area (Å²) in [5.74, 6) is 0. The molecule has 0 atom stereocenters. The van der Waals surface area contributed by atoms with E-state index in [1.165, 1.54) is 11.1 Å². The van der Waals surface area contributed by atoms with E-state index in [1.807, 2.05) is 41.2 Å². The number of piperazine rings is 1. The van der Waals surface area contributed by atoms with Gasteiger partial charge in [-0.25, -0.2) is 4.68 Å². The topological polar surface area (TPSA) is 37.2 Å². The molecule has 31 heavy (non-hydrogen) atoms. The summed E-state index contributed by atoms with van der Waals surface area (Å²) in [5, 5.41) is 8.70. The van der Waals surface area contributed by atoms with Crippen LogP contribution in [0.15, 0.2) is 97.2 Å². The summed E-state index contributed by atoms with van der Waals surface area (Å²) < 4.78 is 1.85. The maximum atomic E-state index is 4.39. The fourth-order valence-corrected chi connectivity index (χ4v) is 4.37. The summed E-state index contributed by atoms with van der Waals surface area (Å²) in [6.45, 7) is 4.94. The highest BCUT2D eigenvalue weighted by Crippen LogP contribution is 2.29. The minimum Gasteiger partial charge on any atom is -0.295 e. The first-order valence-electron chi connectivity index (χ1n) is 10.9. The van der Waals surface area contributed by atoms with Gasteiger partial charge in [0.1, 0.15) is 0 Å². The zero-order valence-corrected chi connectivity index (χ0v) is 17.6. The van der Waals surface area contributed by atoms with Crippen molar-refractivity contribution in [2.45, 2.75) is 12.6 Å². The Balaban J connectivity index is 1.26. The smallest absolute Gasteiger partial charge is 0.0971 e. The van der Waals surface area contributed by atoms with Gasteiger partial charge in [0.25, 0.3) is 0 Å². The van der Waals surface area contributed by atoms with E-state index < -0.39 is 0 Å². The number of nitrogens with zero attached hydrogens (tertiary/aromatic N) is 5. The number of para-hydroxylation sites is 1. The normalized spacial score (nSPS) is 15.4. The summed E-state index contributed by atoms with van der Waals surface area (Å²) in [7, 11) is 0. The van der Waals surface area contributed by atoms with Crippen molar-refractivity contribution in [1.82, 2.24) is 24.8 Å². The highest BCUT2D eigenvalue weighted by molar-refractivity contribution is 5.32. The van der Waals surface area contributed by atoms with Crippen LogP contribution in [-0.4, -0.2) is 51.0 Å². The van der Waals surface area contributed by atoms with Gasteiger partial charge in [-0.3, -0.25) is 9.80 Å². The SMILES string of the molecule is c1ccc(C(c2ccccc2)N2CCN(Cc3cn(-c4ccccc4)nn3)CC2)cc1. The molecule has 0 aliphatic carbocycles. The zero-order valence-electron chi connectivity index (χ0n) is 17.6. The number of rotatable bonds is 6. The minimum absolute atomic E-state index is 0.295. The highest BCUT2D eigenvalue weighted by atomic mass is 15.4. The lowest BCUT2D eigenvalue weighted by Gasteiger charge is -2.39. The van der Waals surface area contributed by atoms with E-state index in [1.54, 1.807) is 0 Å². The first kappa shape index (κ1) is 19.7. The molecule has 2 heterocycles. The molecule has 4 aromatic rings. The van der Waals surface area contributed by atoms with Gasteiger partial charge >= 0.3 is 0 Å². The second-order valence-electron chi connectivity index (χ2n) is 8.03. The zero-order chi connectivity index (χ0) is 20.9. The van der Waals surface area contributed by atoms with Gasteiger partial charge in [-0.1, -0.05) is 84.1 Å². The first-order chi connectivity index (χ1) is 15.4. The van der Waals surface area contributed by atoms with Gasteiger partial charge in [0.15, 0.2) is 0 Å². The van der Waals surface area contributed by atoms with Crippen molar-refractivity contribution in [2.75, 3.05) is 26.2 Å². The summed E-state index contributed by atoms with van der Waals surface area (Å²) in [4.78, 5) is 5.07. The fraction of sp³-hybridized carbons (Fsp3) is 0.231. The molecule has 1 saturated heterocycles. The molecule has 0 unspecified atom stereocenters. The second-order valence-corrected chi connectivity index (χ2v) is 8.03. The fourth-order valence-electron chi connectivity index (χ4n) is 4.37. The molecule has 156 valence electrons. The lowest BCUT2D eigenvalue weighted by atomic mass is 9.96. The molecule has 1 aromatic heterocycles. The molecule has 0 radical (unpaired) electrons. The Morgan fingerprint density at radius 1 is 0.677 bits per heavy atom. The third kappa shape index (κ3) is 4.58. The van der Waals surface area contributed by atoms with Crippen molar-refractivity contribution < 1.29 is 0 Å². The monoisotopic (exact) mass is 409 g/mol. The van der Waals surface area contributed by atoms with Gasteiger partial charge in [0.05, 0.1) is 23.6 Å². The van der Waals surface area contributed by atoms with Gasteiger partial charge in [0.2, 0.25) is 0 Å². The summed E-state index contributed by atoms with van der Waals surface area (Å²) in [5.41, 5.74) is 4.76. The van der Waals surface area contributed by atoms with Crippen LogP contribution in [-0.2, 0) is 6.54 Å². The molecule has 3 aromatic carbocycles. The quantitative estimate of drug-likeness (QED) is 0.479. The van der Waals surface area contributed by atoms with E-state index in [4.69, 9.17) is 0 Å². The van der Waals surface area contributed by atoms with E-state index in [-0.39, 0.29) is 0 Å². The minimum atomic E-state index is 0.295. The third-order valence-corrected chi connectivity index (χ3v) is 5.95. The molecule has 1 aliphatic heterocycles. The molecule has 5 nitrogen and oxygen atoms in total. The number of hydrogen-bond acceptors (Lipinski definition) is 4. The van der Waals surface area contributed by atoms with Crippen LogP contribution in [0.1, 0.15) is 22.9 Å². The van der Waals surface area contributed by atoms with Crippen LogP contribution >= 0.6 is 0 Å². The Labute approximate surface area is 183 Å². The van der Waals surface area contributed by atoms with Crippen LogP contribution in [0, 0.1) is 0 Å². The largest absolute Gasteiger partial charge is 0.295 e. The van der Waals surface area contributed by atoms with E-state index in [9.17, 15) is 0 Å². The first-order valence-corrected chi connectivity index (χ1v) is 10.9. The average molecular weight is 410 g/mol. The van der Waals surface area contributed by atoms with Crippen molar-refractivity contribution in [3.8, 4) is 5.69 Å². The molecular formula is C26H27N5. The van der Waals surface area contributed by atoms with Crippen LogP contribution in [0.2, 0.25) is 0 Å². The Morgan fingerprint density at radius 2 is 1.23 bits per heavy atom. The predicted octanol–water partition coefficient (Wildman–Crippen LogP) is 4.17. The predicted molar refractivity (Wildman–Crippen MR) is 123 cm³/mol. The Bertz CT molecular complexity index is 1030. The molecule has 1 fully saturated rings. The van der Waals surface area contributed by atoms with Crippen molar-refractivity contribution in [3.05, 3.63) is 114 Å².